The Kier molecular flexibility index (Phi) is 8.30. The van der Waals surface area contributed by atoms with Crippen molar-refractivity contribution in [2.45, 2.75) is 26.7 Å². The summed E-state index contributed by atoms with van der Waals surface area (Å²) in [6, 6.07) is 10.2. The molecule has 1 aromatic carbocycles. The monoisotopic (exact) mass is 415 g/mol. The van der Waals surface area contributed by atoms with Gasteiger partial charge in [-0.3, -0.25) is 4.99 Å². The Balaban J connectivity index is 0.00000242. The summed E-state index contributed by atoms with van der Waals surface area (Å²) < 4.78 is 5.80. The second-order valence-corrected chi connectivity index (χ2v) is 5.61. The maximum absolute atomic E-state index is 5.80. The minimum atomic E-state index is 0. The number of nitrogens with zero attached hydrogens (tertiary/aromatic N) is 1. The van der Waals surface area contributed by atoms with Gasteiger partial charge in [0.05, 0.1) is 0 Å². The molecule has 0 bridgehead atoms. The molecule has 2 rings (SSSR count). The number of furan rings is 1. The molecule has 0 saturated heterocycles. The lowest BCUT2D eigenvalue weighted by molar-refractivity contribution is 0.543. The molecule has 0 amide bonds. The van der Waals surface area contributed by atoms with Gasteiger partial charge in [-0.05, 0) is 24.5 Å². The normalized spacial score (nSPS) is 11.5. The highest BCUT2D eigenvalue weighted by Crippen LogP contribution is 2.18. The topological polar surface area (TPSA) is 49.6 Å². The van der Waals surface area contributed by atoms with E-state index in [2.05, 4.69) is 41.6 Å². The van der Waals surface area contributed by atoms with Crippen molar-refractivity contribution in [3.8, 4) is 0 Å². The molecule has 5 heteroatoms. The van der Waals surface area contributed by atoms with E-state index in [1.54, 1.807) is 7.05 Å². The molecule has 22 heavy (non-hydrogen) atoms. The van der Waals surface area contributed by atoms with Crippen LogP contribution in [0.1, 0.15) is 26.0 Å². The first-order valence-corrected chi connectivity index (χ1v) is 7.61. The minimum absolute atomic E-state index is 0. The van der Waals surface area contributed by atoms with Crippen molar-refractivity contribution in [3.05, 3.63) is 36.1 Å². The Labute approximate surface area is 149 Å². The Morgan fingerprint density at radius 1 is 1.18 bits per heavy atom. The third-order valence-corrected chi connectivity index (χ3v) is 3.38. The van der Waals surface area contributed by atoms with E-state index in [-0.39, 0.29) is 24.0 Å². The number of para-hydroxylation sites is 1. The van der Waals surface area contributed by atoms with Crippen molar-refractivity contribution < 1.29 is 4.42 Å². The average Bonchev–Trinajstić information content (AvgIpc) is 2.88. The van der Waals surface area contributed by atoms with E-state index in [1.807, 2.05) is 18.2 Å². The molecule has 122 valence electrons. The first-order valence-electron chi connectivity index (χ1n) is 7.61. The quantitative estimate of drug-likeness (QED) is 0.429. The molecule has 4 nitrogen and oxygen atoms in total. The van der Waals surface area contributed by atoms with Crippen LogP contribution in [-0.2, 0) is 6.42 Å². The molecule has 1 heterocycles. The summed E-state index contributed by atoms with van der Waals surface area (Å²) in [6.07, 6.45) is 1.99. The van der Waals surface area contributed by atoms with Crippen molar-refractivity contribution in [1.29, 1.82) is 0 Å². The van der Waals surface area contributed by atoms with Crippen molar-refractivity contribution >= 4 is 40.9 Å². The largest absolute Gasteiger partial charge is 0.461 e. The zero-order valence-electron chi connectivity index (χ0n) is 13.6. The fraction of sp³-hybridized carbons (Fsp3) is 0.471. The lowest BCUT2D eigenvalue weighted by Gasteiger charge is -2.12. The number of fused-ring (bicyclic) bond motifs is 1. The van der Waals surface area contributed by atoms with E-state index in [9.17, 15) is 0 Å². The molecule has 2 aromatic rings. The van der Waals surface area contributed by atoms with Crippen molar-refractivity contribution in [3.63, 3.8) is 0 Å². The van der Waals surface area contributed by atoms with E-state index in [4.69, 9.17) is 4.42 Å². The van der Waals surface area contributed by atoms with Gasteiger partial charge in [-0.15, -0.1) is 24.0 Å². The fourth-order valence-electron chi connectivity index (χ4n) is 2.16. The summed E-state index contributed by atoms with van der Waals surface area (Å²) in [6.45, 7) is 6.20. The van der Waals surface area contributed by atoms with Gasteiger partial charge in [0, 0.05) is 31.9 Å². The van der Waals surface area contributed by atoms with E-state index >= 15 is 0 Å². The van der Waals surface area contributed by atoms with Gasteiger partial charge in [-0.2, -0.15) is 0 Å². The van der Waals surface area contributed by atoms with E-state index in [0.29, 0.717) is 5.92 Å². The first-order chi connectivity index (χ1) is 10.2. The number of rotatable bonds is 6. The van der Waals surface area contributed by atoms with Crippen LogP contribution in [0.5, 0.6) is 0 Å². The van der Waals surface area contributed by atoms with Crippen molar-refractivity contribution in [1.82, 2.24) is 10.6 Å². The molecule has 0 aliphatic heterocycles. The summed E-state index contributed by atoms with van der Waals surface area (Å²) in [5, 5.41) is 7.80. The van der Waals surface area contributed by atoms with Gasteiger partial charge < -0.3 is 15.1 Å². The highest BCUT2D eigenvalue weighted by molar-refractivity contribution is 14.0. The number of aliphatic imine (C=N–C) groups is 1. The Hall–Kier alpha value is -1.24. The van der Waals surface area contributed by atoms with Crippen LogP contribution >= 0.6 is 24.0 Å². The highest BCUT2D eigenvalue weighted by atomic mass is 127. The minimum Gasteiger partial charge on any atom is -0.461 e. The molecule has 1 aromatic heterocycles. The van der Waals surface area contributed by atoms with E-state index in [1.165, 1.54) is 0 Å². The summed E-state index contributed by atoms with van der Waals surface area (Å²) >= 11 is 0. The van der Waals surface area contributed by atoms with Gasteiger partial charge in [0.25, 0.3) is 0 Å². The van der Waals surface area contributed by atoms with Gasteiger partial charge in [0.2, 0.25) is 0 Å². The standard InChI is InChI=1S/C17H25N3O.HI/c1-13(2)8-10-19-17(18-3)20-11-9-15-12-14-6-4-5-7-16(14)21-15;/h4-7,12-13H,8-11H2,1-3H3,(H2,18,19,20);1H. The van der Waals surface area contributed by atoms with Crippen LogP contribution in [0.25, 0.3) is 11.0 Å². The van der Waals surface area contributed by atoms with E-state index < -0.39 is 0 Å². The Bertz CT molecular complexity index is 559. The zero-order chi connectivity index (χ0) is 15.1. The van der Waals surface area contributed by atoms with Gasteiger partial charge in [0.15, 0.2) is 5.96 Å². The smallest absolute Gasteiger partial charge is 0.190 e. The highest BCUT2D eigenvalue weighted by Gasteiger charge is 2.03. The molecule has 0 spiro atoms. The molecule has 0 aliphatic rings. The summed E-state index contributed by atoms with van der Waals surface area (Å²) in [5.41, 5.74) is 0.951. The van der Waals surface area contributed by atoms with Crippen LogP contribution in [0.4, 0.5) is 0 Å². The third-order valence-electron chi connectivity index (χ3n) is 3.38. The predicted molar refractivity (Wildman–Crippen MR) is 104 cm³/mol. The van der Waals surface area contributed by atoms with Crippen molar-refractivity contribution in [2.24, 2.45) is 10.9 Å². The van der Waals surface area contributed by atoms with Crippen LogP contribution in [-0.4, -0.2) is 26.1 Å². The lowest BCUT2D eigenvalue weighted by Crippen LogP contribution is -2.39. The molecule has 2 N–H and O–H groups in total. The van der Waals surface area contributed by atoms with Gasteiger partial charge in [-0.1, -0.05) is 32.0 Å². The molecule has 0 aliphatic carbocycles. The van der Waals surface area contributed by atoms with Crippen LogP contribution in [0, 0.1) is 5.92 Å². The zero-order valence-corrected chi connectivity index (χ0v) is 15.9. The molecule has 0 unspecified atom stereocenters. The maximum Gasteiger partial charge on any atom is 0.190 e. The summed E-state index contributed by atoms with van der Waals surface area (Å²) in [5.74, 6) is 2.55. The van der Waals surface area contributed by atoms with E-state index in [0.717, 1.165) is 48.6 Å². The summed E-state index contributed by atoms with van der Waals surface area (Å²) in [7, 11) is 1.80. The van der Waals surface area contributed by atoms with Gasteiger partial charge in [-0.25, -0.2) is 0 Å². The van der Waals surface area contributed by atoms with Crippen molar-refractivity contribution in [2.75, 3.05) is 20.1 Å². The number of hydrogen-bond donors (Lipinski definition) is 2. The number of hydrogen-bond acceptors (Lipinski definition) is 2. The third kappa shape index (κ3) is 5.87. The predicted octanol–water partition coefficient (Wildman–Crippen LogP) is 3.80. The number of benzene rings is 1. The molecule has 0 radical (unpaired) electrons. The number of halogens is 1. The molecular weight excluding hydrogens is 389 g/mol. The lowest BCUT2D eigenvalue weighted by atomic mass is 10.1. The van der Waals surface area contributed by atoms with Crippen LogP contribution in [0.3, 0.4) is 0 Å². The number of guanidine groups is 1. The SMILES string of the molecule is CN=C(NCCc1cc2ccccc2o1)NCCC(C)C.I. The van der Waals surface area contributed by atoms with Gasteiger partial charge >= 0.3 is 0 Å². The molecule has 0 fully saturated rings. The second kappa shape index (κ2) is 9.71. The summed E-state index contributed by atoms with van der Waals surface area (Å²) in [4.78, 5) is 4.22. The first kappa shape index (κ1) is 18.8. The Morgan fingerprint density at radius 3 is 2.59 bits per heavy atom. The van der Waals surface area contributed by atoms with Crippen LogP contribution in [0.15, 0.2) is 39.7 Å². The molecular formula is C17H26IN3O. The van der Waals surface area contributed by atoms with Crippen LogP contribution in [0.2, 0.25) is 0 Å². The maximum atomic E-state index is 5.80. The molecule has 0 atom stereocenters. The van der Waals surface area contributed by atoms with Crippen LogP contribution < -0.4 is 10.6 Å². The fourth-order valence-corrected chi connectivity index (χ4v) is 2.16. The number of nitrogens with one attached hydrogen (secondary N) is 2. The second-order valence-electron chi connectivity index (χ2n) is 5.61. The average molecular weight is 415 g/mol. The molecule has 0 saturated carbocycles. The van der Waals surface area contributed by atoms with Gasteiger partial charge in [0.1, 0.15) is 11.3 Å². The Morgan fingerprint density at radius 2 is 1.91 bits per heavy atom.